The zero-order valence-corrected chi connectivity index (χ0v) is 11.8. The molecule has 2 fully saturated rings. The van der Waals surface area contributed by atoms with Gasteiger partial charge in [0.2, 0.25) is 0 Å². The number of amides is 1. The Bertz CT molecular complexity index is 522. The highest BCUT2D eigenvalue weighted by atomic mass is 16.5. The van der Waals surface area contributed by atoms with Gasteiger partial charge in [0, 0.05) is 11.3 Å². The van der Waals surface area contributed by atoms with Gasteiger partial charge >= 0.3 is 0 Å². The van der Waals surface area contributed by atoms with E-state index >= 15 is 0 Å². The number of fused-ring (bicyclic) bond motifs is 2. The van der Waals surface area contributed by atoms with Gasteiger partial charge in [-0.2, -0.15) is 5.10 Å². The molecule has 20 heavy (non-hydrogen) atoms. The topological polar surface area (TPSA) is 50.7 Å². The zero-order chi connectivity index (χ0) is 13.9. The lowest BCUT2D eigenvalue weighted by molar-refractivity contribution is 0.0954. The van der Waals surface area contributed by atoms with Gasteiger partial charge in [0.1, 0.15) is 5.75 Å². The van der Waals surface area contributed by atoms with Gasteiger partial charge in [-0.1, -0.05) is 0 Å². The van der Waals surface area contributed by atoms with E-state index in [9.17, 15) is 4.79 Å². The molecule has 0 aromatic heterocycles. The van der Waals surface area contributed by atoms with Crippen molar-refractivity contribution in [2.24, 2.45) is 16.9 Å². The molecule has 4 nitrogen and oxygen atoms in total. The first kappa shape index (κ1) is 13.2. The number of benzene rings is 1. The molecule has 0 radical (unpaired) electrons. The van der Waals surface area contributed by atoms with Crippen LogP contribution in [0.1, 0.15) is 43.0 Å². The quantitative estimate of drug-likeness (QED) is 0.857. The van der Waals surface area contributed by atoms with Crippen LogP contribution in [0.15, 0.2) is 29.4 Å². The molecule has 0 unspecified atom stereocenters. The van der Waals surface area contributed by atoms with E-state index in [1.807, 2.05) is 19.1 Å². The van der Waals surface area contributed by atoms with Gasteiger partial charge in [0.05, 0.1) is 6.61 Å². The van der Waals surface area contributed by atoms with Gasteiger partial charge in [-0.15, -0.1) is 0 Å². The van der Waals surface area contributed by atoms with E-state index in [0.717, 1.165) is 18.1 Å². The number of hydrazone groups is 1. The lowest BCUT2D eigenvalue weighted by Crippen LogP contribution is -2.21. The second-order valence-corrected chi connectivity index (χ2v) is 5.58. The van der Waals surface area contributed by atoms with E-state index in [1.165, 1.54) is 25.0 Å². The predicted molar refractivity (Wildman–Crippen MR) is 78.0 cm³/mol. The molecule has 0 heterocycles. The molecule has 1 amide bonds. The highest BCUT2D eigenvalue weighted by Crippen LogP contribution is 2.42. The van der Waals surface area contributed by atoms with Gasteiger partial charge in [0.15, 0.2) is 0 Å². The first-order chi connectivity index (χ1) is 9.76. The molecule has 106 valence electrons. The summed E-state index contributed by atoms with van der Waals surface area (Å²) in [5.74, 6) is 2.05. The summed E-state index contributed by atoms with van der Waals surface area (Å²) in [5, 5.41) is 4.33. The monoisotopic (exact) mass is 272 g/mol. The molecule has 3 rings (SSSR count). The summed E-state index contributed by atoms with van der Waals surface area (Å²) < 4.78 is 5.36. The number of carbonyl (C=O) groups is 1. The van der Waals surface area contributed by atoms with Crippen molar-refractivity contribution >= 4 is 11.6 Å². The minimum Gasteiger partial charge on any atom is -0.494 e. The Labute approximate surface area is 119 Å². The lowest BCUT2D eigenvalue weighted by Gasteiger charge is -2.11. The third-order valence-electron chi connectivity index (χ3n) is 4.24. The van der Waals surface area contributed by atoms with Crippen LogP contribution in [0.4, 0.5) is 0 Å². The predicted octanol–water partition coefficient (Wildman–Crippen LogP) is 2.99. The van der Waals surface area contributed by atoms with Crippen molar-refractivity contribution in [2.75, 3.05) is 6.61 Å². The van der Waals surface area contributed by atoms with Gasteiger partial charge in [-0.3, -0.25) is 4.79 Å². The fourth-order valence-electron chi connectivity index (χ4n) is 3.22. The first-order valence-corrected chi connectivity index (χ1v) is 7.36. The molecule has 0 saturated heterocycles. The number of ether oxygens (including phenoxy) is 1. The molecule has 1 N–H and O–H groups in total. The Hall–Kier alpha value is -1.84. The lowest BCUT2D eigenvalue weighted by atomic mass is 9.99. The first-order valence-electron chi connectivity index (χ1n) is 7.36. The van der Waals surface area contributed by atoms with Crippen LogP contribution < -0.4 is 10.2 Å². The van der Waals surface area contributed by atoms with Crippen molar-refractivity contribution in [3.8, 4) is 5.75 Å². The van der Waals surface area contributed by atoms with Gasteiger partial charge < -0.3 is 4.74 Å². The van der Waals surface area contributed by atoms with E-state index in [0.29, 0.717) is 18.1 Å². The van der Waals surface area contributed by atoms with Crippen LogP contribution >= 0.6 is 0 Å². The van der Waals surface area contributed by atoms with E-state index in [2.05, 4.69) is 10.5 Å². The molecular formula is C16H20N2O2. The molecule has 1 aromatic rings. The highest BCUT2D eigenvalue weighted by Gasteiger charge is 2.36. The SMILES string of the molecule is CCOc1ccc(C(=O)NN=C2C[C@H]3CC[C@H]2C3)cc1. The van der Waals surface area contributed by atoms with Crippen LogP contribution in [0.3, 0.4) is 0 Å². The molecule has 2 atom stereocenters. The summed E-state index contributed by atoms with van der Waals surface area (Å²) in [7, 11) is 0. The molecule has 0 aliphatic heterocycles. The second-order valence-electron chi connectivity index (χ2n) is 5.58. The Kier molecular flexibility index (Phi) is 3.72. The maximum Gasteiger partial charge on any atom is 0.271 e. The molecule has 2 aliphatic rings. The summed E-state index contributed by atoms with van der Waals surface area (Å²) in [6, 6.07) is 7.15. The maximum absolute atomic E-state index is 12.0. The summed E-state index contributed by atoms with van der Waals surface area (Å²) in [6.07, 6.45) is 4.89. The van der Waals surface area contributed by atoms with E-state index in [1.54, 1.807) is 12.1 Å². The Morgan fingerprint density at radius 1 is 1.35 bits per heavy atom. The molecule has 0 spiro atoms. The van der Waals surface area contributed by atoms with Crippen molar-refractivity contribution < 1.29 is 9.53 Å². The Morgan fingerprint density at radius 3 is 2.75 bits per heavy atom. The number of rotatable bonds is 4. The van der Waals surface area contributed by atoms with E-state index in [4.69, 9.17) is 4.74 Å². The third kappa shape index (κ3) is 2.69. The van der Waals surface area contributed by atoms with Crippen LogP contribution in [0, 0.1) is 11.8 Å². The standard InChI is InChI=1S/C16H20N2O2/c1-2-20-14-7-5-12(6-8-14)16(19)18-17-15-10-11-3-4-13(15)9-11/h5-8,11,13H,2-4,9-10H2,1H3,(H,18,19)/t11-,13-/m0/s1. The highest BCUT2D eigenvalue weighted by molar-refractivity contribution is 5.96. The smallest absolute Gasteiger partial charge is 0.271 e. The Morgan fingerprint density at radius 2 is 2.15 bits per heavy atom. The van der Waals surface area contributed by atoms with Crippen LogP contribution in [0.2, 0.25) is 0 Å². The molecule has 2 bridgehead atoms. The van der Waals surface area contributed by atoms with Crippen molar-refractivity contribution in [1.82, 2.24) is 5.43 Å². The van der Waals surface area contributed by atoms with Gasteiger partial charge in [-0.25, -0.2) is 5.43 Å². The molecule has 2 saturated carbocycles. The van der Waals surface area contributed by atoms with E-state index < -0.39 is 0 Å². The normalized spacial score (nSPS) is 25.9. The summed E-state index contributed by atoms with van der Waals surface area (Å²) >= 11 is 0. The van der Waals surface area contributed by atoms with E-state index in [-0.39, 0.29) is 5.91 Å². The number of hydrogen-bond donors (Lipinski definition) is 1. The zero-order valence-electron chi connectivity index (χ0n) is 11.8. The van der Waals surface area contributed by atoms with Gasteiger partial charge in [0.25, 0.3) is 5.91 Å². The molecular weight excluding hydrogens is 252 g/mol. The average Bonchev–Trinajstić information content (AvgIpc) is 3.08. The number of nitrogens with one attached hydrogen (secondary N) is 1. The average molecular weight is 272 g/mol. The minimum atomic E-state index is -0.150. The number of hydrogen-bond acceptors (Lipinski definition) is 3. The van der Waals surface area contributed by atoms with Crippen LogP contribution in [0.5, 0.6) is 5.75 Å². The number of nitrogens with zero attached hydrogens (tertiary/aromatic N) is 1. The Balaban J connectivity index is 1.60. The minimum absolute atomic E-state index is 0.150. The van der Waals surface area contributed by atoms with Gasteiger partial charge in [-0.05, 0) is 68.7 Å². The summed E-state index contributed by atoms with van der Waals surface area (Å²) in [5.41, 5.74) is 4.48. The molecule has 1 aromatic carbocycles. The van der Waals surface area contributed by atoms with Crippen molar-refractivity contribution in [3.05, 3.63) is 29.8 Å². The van der Waals surface area contributed by atoms with Crippen LogP contribution in [-0.4, -0.2) is 18.2 Å². The maximum atomic E-state index is 12.0. The summed E-state index contributed by atoms with van der Waals surface area (Å²) in [6.45, 7) is 2.56. The summed E-state index contributed by atoms with van der Waals surface area (Å²) in [4.78, 5) is 12.0. The largest absolute Gasteiger partial charge is 0.494 e. The van der Waals surface area contributed by atoms with Crippen molar-refractivity contribution in [1.29, 1.82) is 0 Å². The number of carbonyl (C=O) groups excluding carboxylic acids is 1. The van der Waals surface area contributed by atoms with Crippen molar-refractivity contribution in [2.45, 2.75) is 32.6 Å². The van der Waals surface area contributed by atoms with Crippen LogP contribution in [0.25, 0.3) is 0 Å². The second kappa shape index (κ2) is 5.65. The van der Waals surface area contributed by atoms with Crippen molar-refractivity contribution in [3.63, 3.8) is 0 Å². The third-order valence-corrected chi connectivity index (χ3v) is 4.24. The molecule has 2 aliphatic carbocycles. The fourth-order valence-corrected chi connectivity index (χ4v) is 3.22. The van der Waals surface area contributed by atoms with Crippen LogP contribution in [-0.2, 0) is 0 Å². The molecule has 4 heteroatoms. The fraction of sp³-hybridized carbons (Fsp3) is 0.500.